The first-order valence-corrected chi connectivity index (χ1v) is 9.55. The van der Waals surface area contributed by atoms with E-state index in [2.05, 4.69) is 0 Å². The number of nitrogens with zero attached hydrogens (tertiary/aromatic N) is 1. The molecule has 1 heterocycles. The summed E-state index contributed by atoms with van der Waals surface area (Å²) in [5.41, 5.74) is 2.15. The molecule has 0 amide bonds. The minimum Gasteiger partial charge on any atom is -0.466 e. The maximum atomic E-state index is 12.6. The summed E-state index contributed by atoms with van der Waals surface area (Å²) in [6.07, 6.45) is 3.34. The summed E-state index contributed by atoms with van der Waals surface area (Å²) in [5, 5.41) is 1.07. The average Bonchev–Trinajstić information content (AvgIpc) is 2.74. The lowest BCUT2D eigenvalue weighted by Gasteiger charge is -2.30. The van der Waals surface area contributed by atoms with Crippen molar-refractivity contribution in [1.82, 2.24) is 4.90 Å². The molecular weight excluding hydrogens is 413 g/mol. The van der Waals surface area contributed by atoms with Crippen LogP contribution in [0, 0.1) is 0 Å². The van der Waals surface area contributed by atoms with Crippen LogP contribution in [0.5, 0.6) is 0 Å². The molecule has 3 rings (SSSR count). The van der Waals surface area contributed by atoms with Crippen LogP contribution in [0.15, 0.2) is 72.1 Å². The van der Waals surface area contributed by atoms with Crippen molar-refractivity contribution in [2.75, 3.05) is 14.2 Å². The van der Waals surface area contributed by atoms with Crippen LogP contribution < -0.4 is 0 Å². The van der Waals surface area contributed by atoms with E-state index in [0.29, 0.717) is 22.2 Å². The van der Waals surface area contributed by atoms with Crippen molar-refractivity contribution in [1.29, 1.82) is 0 Å². The lowest BCUT2D eigenvalue weighted by Crippen LogP contribution is -2.28. The van der Waals surface area contributed by atoms with Gasteiger partial charge in [-0.15, -0.1) is 0 Å². The Hall–Kier alpha value is -2.76. The Labute approximate surface area is 179 Å². The molecule has 0 saturated carbocycles. The van der Waals surface area contributed by atoms with Gasteiger partial charge in [0.15, 0.2) is 0 Å². The number of rotatable bonds is 5. The summed E-state index contributed by atoms with van der Waals surface area (Å²) in [6.45, 7) is 0.424. The Morgan fingerprint density at radius 3 is 1.97 bits per heavy atom. The lowest BCUT2D eigenvalue weighted by atomic mass is 9.83. The van der Waals surface area contributed by atoms with E-state index in [1.54, 1.807) is 53.7 Å². The molecule has 0 fully saturated rings. The van der Waals surface area contributed by atoms with E-state index in [-0.39, 0.29) is 11.1 Å². The van der Waals surface area contributed by atoms with Crippen molar-refractivity contribution < 1.29 is 19.1 Å². The number of methoxy groups -OCH3 is 2. The van der Waals surface area contributed by atoms with Gasteiger partial charge in [0.1, 0.15) is 0 Å². The number of benzene rings is 2. The van der Waals surface area contributed by atoms with Gasteiger partial charge >= 0.3 is 11.9 Å². The molecule has 0 N–H and O–H groups in total. The van der Waals surface area contributed by atoms with Gasteiger partial charge < -0.3 is 14.4 Å². The molecule has 29 heavy (non-hydrogen) atoms. The molecule has 0 aliphatic carbocycles. The predicted octanol–water partition coefficient (Wildman–Crippen LogP) is 4.71. The van der Waals surface area contributed by atoms with Gasteiger partial charge in [-0.1, -0.05) is 53.5 Å². The van der Waals surface area contributed by atoms with E-state index < -0.39 is 17.9 Å². The van der Waals surface area contributed by atoms with E-state index in [1.807, 2.05) is 12.1 Å². The molecule has 2 aromatic rings. The summed E-state index contributed by atoms with van der Waals surface area (Å²) in [6, 6.07) is 14.4. The molecule has 1 aliphatic rings. The number of carbonyl (C=O) groups is 2. The van der Waals surface area contributed by atoms with Gasteiger partial charge in [0, 0.05) is 29.0 Å². The van der Waals surface area contributed by atoms with Gasteiger partial charge in [0.2, 0.25) is 0 Å². The monoisotopic (exact) mass is 431 g/mol. The lowest BCUT2D eigenvalue weighted by molar-refractivity contribution is -0.137. The maximum Gasteiger partial charge on any atom is 0.336 e. The highest BCUT2D eigenvalue weighted by Gasteiger charge is 2.36. The van der Waals surface area contributed by atoms with Crippen LogP contribution in [0.1, 0.15) is 17.0 Å². The topological polar surface area (TPSA) is 55.8 Å². The minimum atomic E-state index is -0.704. The number of ether oxygens (including phenoxy) is 2. The van der Waals surface area contributed by atoms with E-state index in [0.717, 1.165) is 5.56 Å². The standard InChI is InChI=1S/C22H19Cl2NO4/c1-28-21(26)17-12-25(11-14-7-9-15(23)10-8-14)13-18(22(27)29-2)20(17)16-5-3-4-6-19(16)24/h3-10,12-13,20H,11H2,1-2H3. The quantitative estimate of drug-likeness (QED) is 0.641. The Kier molecular flexibility index (Phi) is 6.62. The Morgan fingerprint density at radius 1 is 0.897 bits per heavy atom. The Morgan fingerprint density at radius 2 is 1.45 bits per heavy atom. The molecule has 0 radical (unpaired) electrons. The second kappa shape index (κ2) is 9.16. The zero-order valence-corrected chi connectivity index (χ0v) is 17.4. The first-order chi connectivity index (χ1) is 13.9. The van der Waals surface area contributed by atoms with Crippen molar-refractivity contribution in [3.63, 3.8) is 0 Å². The normalized spacial score (nSPS) is 14.1. The zero-order chi connectivity index (χ0) is 21.0. The fourth-order valence-electron chi connectivity index (χ4n) is 3.22. The zero-order valence-electron chi connectivity index (χ0n) is 15.9. The van der Waals surface area contributed by atoms with Crippen LogP contribution in [0.4, 0.5) is 0 Å². The summed E-state index contributed by atoms with van der Waals surface area (Å²) < 4.78 is 9.97. The van der Waals surface area contributed by atoms with Crippen molar-refractivity contribution in [3.8, 4) is 0 Å². The molecule has 0 atom stereocenters. The Bertz CT molecular complexity index is 949. The van der Waals surface area contributed by atoms with Crippen molar-refractivity contribution >= 4 is 35.1 Å². The second-order valence-corrected chi connectivity index (χ2v) is 7.25. The van der Waals surface area contributed by atoms with Crippen LogP contribution in [0.25, 0.3) is 0 Å². The highest BCUT2D eigenvalue weighted by Crippen LogP contribution is 2.40. The number of carbonyl (C=O) groups excluding carboxylic acids is 2. The van der Waals surface area contributed by atoms with Gasteiger partial charge in [0.25, 0.3) is 0 Å². The second-order valence-electron chi connectivity index (χ2n) is 6.41. The SMILES string of the molecule is COC(=O)C1=CN(Cc2ccc(Cl)cc2)C=C(C(=O)OC)C1c1ccccc1Cl. The summed E-state index contributed by atoms with van der Waals surface area (Å²) in [7, 11) is 2.60. The third kappa shape index (κ3) is 4.63. The van der Waals surface area contributed by atoms with Crippen LogP contribution in [0.3, 0.4) is 0 Å². The number of halogens is 2. The van der Waals surface area contributed by atoms with Gasteiger partial charge in [-0.3, -0.25) is 0 Å². The first kappa shape index (κ1) is 21.0. The van der Waals surface area contributed by atoms with E-state index >= 15 is 0 Å². The molecule has 0 bridgehead atoms. The van der Waals surface area contributed by atoms with Gasteiger partial charge in [-0.05, 0) is 29.3 Å². The van der Waals surface area contributed by atoms with Crippen molar-refractivity contribution in [3.05, 3.63) is 93.2 Å². The van der Waals surface area contributed by atoms with Gasteiger partial charge in [-0.2, -0.15) is 0 Å². The maximum absolute atomic E-state index is 12.6. The molecular formula is C22H19Cl2NO4. The molecule has 0 spiro atoms. The van der Waals surface area contributed by atoms with Crippen LogP contribution in [-0.2, 0) is 25.6 Å². The van der Waals surface area contributed by atoms with E-state index in [4.69, 9.17) is 32.7 Å². The number of hydrogen-bond acceptors (Lipinski definition) is 5. The summed E-state index contributed by atoms with van der Waals surface area (Å²) >= 11 is 12.3. The van der Waals surface area contributed by atoms with Gasteiger partial charge in [0.05, 0.1) is 31.3 Å². The number of esters is 2. The first-order valence-electron chi connectivity index (χ1n) is 8.79. The molecule has 1 aliphatic heterocycles. The van der Waals surface area contributed by atoms with Crippen molar-refractivity contribution in [2.24, 2.45) is 0 Å². The fourth-order valence-corrected chi connectivity index (χ4v) is 3.60. The van der Waals surface area contributed by atoms with E-state index in [9.17, 15) is 9.59 Å². The molecule has 5 nitrogen and oxygen atoms in total. The average molecular weight is 432 g/mol. The smallest absolute Gasteiger partial charge is 0.336 e. The highest BCUT2D eigenvalue weighted by atomic mass is 35.5. The minimum absolute atomic E-state index is 0.289. The molecule has 0 saturated heterocycles. The third-order valence-electron chi connectivity index (χ3n) is 4.57. The van der Waals surface area contributed by atoms with E-state index in [1.165, 1.54) is 14.2 Å². The third-order valence-corrected chi connectivity index (χ3v) is 5.16. The van der Waals surface area contributed by atoms with Crippen LogP contribution in [-0.4, -0.2) is 31.1 Å². The number of hydrogen-bond donors (Lipinski definition) is 0. The van der Waals surface area contributed by atoms with Gasteiger partial charge in [-0.25, -0.2) is 9.59 Å². The molecule has 0 unspecified atom stereocenters. The largest absolute Gasteiger partial charge is 0.466 e. The van der Waals surface area contributed by atoms with Crippen LogP contribution >= 0.6 is 23.2 Å². The summed E-state index contributed by atoms with van der Waals surface area (Å²) in [4.78, 5) is 27.0. The molecule has 7 heteroatoms. The van der Waals surface area contributed by atoms with Crippen LogP contribution in [0.2, 0.25) is 10.0 Å². The molecule has 0 aromatic heterocycles. The summed E-state index contributed by atoms with van der Waals surface area (Å²) in [5.74, 6) is -1.80. The highest BCUT2D eigenvalue weighted by molar-refractivity contribution is 6.31. The fraction of sp³-hybridized carbons (Fsp3) is 0.182. The van der Waals surface area contributed by atoms with Crippen molar-refractivity contribution in [2.45, 2.75) is 12.5 Å². The molecule has 2 aromatic carbocycles. The Balaban J connectivity index is 2.08. The predicted molar refractivity (Wildman–Crippen MR) is 111 cm³/mol. The molecule has 150 valence electrons.